The van der Waals surface area contributed by atoms with Gasteiger partial charge in [0.25, 0.3) is 0 Å². The van der Waals surface area contributed by atoms with Gasteiger partial charge in [-0.2, -0.15) is 0 Å². The van der Waals surface area contributed by atoms with E-state index in [2.05, 4.69) is 10.3 Å². The van der Waals surface area contributed by atoms with Gasteiger partial charge in [0.2, 0.25) is 0 Å². The van der Waals surface area contributed by atoms with E-state index < -0.39 is 0 Å². The zero-order valence-electron chi connectivity index (χ0n) is 17.6. The number of urea groups is 1. The van der Waals surface area contributed by atoms with Crippen molar-refractivity contribution in [2.75, 3.05) is 27.3 Å². The third-order valence-corrected chi connectivity index (χ3v) is 5.69. The molecule has 2 amide bonds. The summed E-state index contributed by atoms with van der Waals surface area (Å²) in [5.74, 6) is 2.45. The minimum Gasteiger partial charge on any atom is -0.497 e. The summed E-state index contributed by atoms with van der Waals surface area (Å²) in [4.78, 5) is 19.3. The molecule has 0 spiro atoms. The first-order valence-electron chi connectivity index (χ1n) is 10.2. The van der Waals surface area contributed by atoms with Crippen LogP contribution in [0.5, 0.6) is 11.5 Å². The van der Waals surface area contributed by atoms with Gasteiger partial charge in [0.15, 0.2) is 11.5 Å². The number of nitrogens with one attached hydrogen (secondary N) is 1. The summed E-state index contributed by atoms with van der Waals surface area (Å²) in [6.45, 7) is 3.27. The minimum absolute atomic E-state index is 0.0802. The number of benzene rings is 2. The van der Waals surface area contributed by atoms with E-state index in [1.54, 1.807) is 14.2 Å². The van der Waals surface area contributed by atoms with Crippen LogP contribution in [0.4, 0.5) is 4.79 Å². The molecule has 1 unspecified atom stereocenters. The number of fused-ring (bicyclic) bond motifs is 1. The van der Waals surface area contributed by atoms with E-state index in [-0.39, 0.29) is 18.0 Å². The fraction of sp³-hybridized carbons (Fsp3) is 0.391. The lowest BCUT2D eigenvalue weighted by atomic mass is 9.97. The molecule has 158 valence electrons. The molecule has 1 saturated heterocycles. The van der Waals surface area contributed by atoms with Crippen molar-refractivity contribution < 1.29 is 18.7 Å². The number of carbonyl (C=O) groups excluding carboxylic acids is 1. The SMILES string of the molecule is COc1ccc(OC)c(C(C)NC(=O)N2CCC(c3nc4ccccc4o3)CC2)c1. The standard InChI is InChI=1S/C23H27N3O4/c1-15(18-14-17(28-2)8-9-20(18)29-3)24-23(27)26-12-10-16(11-13-26)22-25-19-6-4-5-7-21(19)30-22/h4-9,14-16H,10-13H2,1-3H3,(H,24,27). The van der Waals surface area contributed by atoms with Crippen molar-refractivity contribution in [1.82, 2.24) is 15.2 Å². The van der Waals surface area contributed by atoms with Crippen molar-refractivity contribution in [3.05, 3.63) is 53.9 Å². The first-order valence-corrected chi connectivity index (χ1v) is 10.2. The van der Waals surface area contributed by atoms with E-state index in [0.717, 1.165) is 46.9 Å². The fourth-order valence-electron chi connectivity index (χ4n) is 3.93. The lowest BCUT2D eigenvalue weighted by Crippen LogP contribution is -2.44. The molecule has 0 bridgehead atoms. The van der Waals surface area contributed by atoms with Crippen LogP contribution >= 0.6 is 0 Å². The summed E-state index contributed by atoms with van der Waals surface area (Å²) in [7, 11) is 3.24. The largest absolute Gasteiger partial charge is 0.497 e. The summed E-state index contributed by atoms with van der Waals surface area (Å²) >= 11 is 0. The van der Waals surface area contributed by atoms with Gasteiger partial charge in [0.05, 0.1) is 20.3 Å². The van der Waals surface area contributed by atoms with Crippen molar-refractivity contribution in [1.29, 1.82) is 0 Å². The van der Waals surface area contributed by atoms with Crippen molar-refractivity contribution in [2.45, 2.75) is 31.7 Å². The Morgan fingerprint density at radius 2 is 1.93 bits per heavy atom. The maximum atomic E-state index is 12.8. The molecule has 1 atom stereocenters. The van der Waals surface area contributed by atoms with Crippen LogP contribution in [0.3, 0.4) is 0 Å². The third-order valence-electron chi connectivity index (χ3n) is 5.69. The van der Waals surface area contributed by atoms with E-state index in [0.29, 0.717) is 13.1 Å². The number of rotatable bonds is 5. The van der Waals surface area contributed by atoms with Crippen LogP contribution in [0.2, 0.25) is 0 Å². The van der Waals surface area contributed by atoms with Crippen molar-refractivity contribution in [2.24, 2.45) is 0 Å². The first kappa shape index (κ1) is 20.1. The summed E-state index contributed by atoms with van der Waals surface area (Å²) in [5.41, 5.74) is 2.58. The van der Waals surface area contributed by atoms with E-state index in [9.17, 15) is 4.79 Å². The van der Waals surface area contributed by atoms with Crippen LogP contribution in [-0.2, 0) is 0 Å². The number of oxazole rings is 1. The highest BCUT2D eigenvalue weighted by atomic mass is 16.5. The molecular formula is C23H27N3O4. The molecule has 1 aromatic heterocycles. The Kier molecular flexibility index (Phi) is 5.79. The molecular weight excluding hydrogens is 382 g/mol. The van der Waals surface area contributed by atoms with Gasteiger partial charge in [-0.05, 0) is 50.1 Å². The summed E-state index contributed by atoms with van der Waals surface area (Å²) in [6.07, 6.45) is 1.66. The zero-order chi connectivity index (χ0) is 21.1. The van der Waals surface area contributed by atoms with E-state index in [4.69, 9.17) is 13.9 Å². The van der Waals surface area contributed by atoms with Crippen LogP contribution in [0.25, 0.3) is 11.1 Å². The highest BCUT2D eigenvalue weighted by molar-refractivity contribution is 5.75. The van der Waals surface area contributed by atoms with Gasteiger partial charge < -0.3 is 24.1 Å². The van der Waals surface area contributed by atoms with E-state index in [1.165, 1.54) is 0 Å². The number of hydrogen-bond donors (Lipinski definition) is 1. The summed E-state index contributed by atoms with van der Waals surface area (Å²) in [6, 6.07) is 13.1. The van der Waals surface area contributed by atoms with Gasteiger partial charge in [-0.1, -0.05) is 12.1 Å². The molecule has 1 fully saturated rings. The van der Waals surface area contributed by atoms with Crippen LogP contribution < -0.4 is 14.8 Å². The van der Waals surface area contributed by atoms with Gasteiger partial charge >= 0.3 is 6.03 Å². The van der Waals surface area contributed by atoms with Gasteiger partial charge in [0, 0.05) is 24.6 Å². The highest BCUT2D eigenvalue weighted by Crippen LogP contribution is 2.31. The second kappa shape index (κ2) is 8.65. The molecule has 0 saturated carbocycles. The normalized spacial score (nSPS) is 15.8. The molecule has 4 rings (SSSR count). The number of likely N-dealkylation sites (tertiary alicyclic amines) is 1. The number of hydrogen-bond acceptors (Lipinski definition) is 5. The van der Waals surface area contributed by atoms with Crippen molar-refractivity contribution in [3.8, 4) is 11.5 Å². The Balaban J connectivity index is 1.37. The molecule has 30 heavy (non-hydrogen) atoms. The Labute approximate surface area is 176 Å². The number of aromatic nitrogens is 1. The molecule has 0 aliphatic carbocycles. The Hall–Kier alpha value is -3.22. The Bertz CT molecular complexity index is 991. The first-order chi connectivity index (χ1) is 14.6. The van der Waals surface area contributed by atoms with E-state index >= 15 is 0 Å². The summed E-state index contributed by atoms with van der Waals surface area (Å²) < 4.78 is 16.7. The third kappa shape index (κ3) is 4.06. The van der Waals surface area contributed by atoms with Gasteiger partial charge in [-0.3, -0.25) is 0 Å². The molecule has 1 N–H and O–H groups in total. The Morgan fingerprint density at radius 3 is 2.63 bits per heavy atom. The number of methoxy groups -OCH3 is 2. The van der Waals surface area contributed by atoms with Crippen molar-refractivity contribution in [3.63, 3.8) is 0 Å². The fourth-order valence-corrected chi connectivity index (χ4v) is 3.93. The Morgan fingerprint density at radius 1 is 1.17 bits per heavy atom. The molecule has 2 aromatic carbocycles. The monoisotopic (exact) mass is 409 g/mol. The predicted octanol–water partition coefficient (Wildman–Crippen LogP) is 4.50. The molecule has 1 aliphatic heterocycles. The van der Waals surface area contributed by atoms with E-state index in [1.807, 2.05) is 54.3 Å². The maximum Gasteiger partial charge on any atom is 0.317 e. The van der Waals surface area contributed by atoms with Crippen LogP contribution in [-0.4, -0.2) is 43.2 Å². The second-order valence-corrected chi connectivity index (χ2v) is 7.56. The average Bonchev–Trinajstić information content (AvgIpc) is 3.23. The lowest BCUT2D eigenvalue weighted by Gasteiger charge is -2.32. The summed E-state index contributed by atoms with van der Waals surface area (Å²) in [5, 5.41) is 3.08. The quantitative estimate of drug-likeness (QED) is 0.672. The number of nitrogens with zero attached hydrogens (tertiary/aromatic N) is 2. The maximum absolute atomic E-state index is 12.8. The molecule has 2 heterocycles. The second-order valence-electron chi connectivity index (χ2n) is 7.56. The number of piperidine rings is 1. The molecule has 7 nitrogen and oxygen atoms in total. The molecule has 3 aromatic rings. The highest BCUT2D eigenvalue weighted by Gasteiger charge is 2.28. The molecule has 7 heteroatoms. The van der Waals surface area contributed by atoms with Gasteiger partial charge in [-0.15, -0.1) is 0 Å². The number of carbonyl (C=O) groups is 1. The van der Waals surface area contributed by atoms with Gasteiger partial charge in [-0.25, -0.2) is 9.78 Å². The predicted molar refractivity (Wildman–Crippen MR) is 114 cm³/mol. The van der Waals surface area contributed by atoms with Crippen LogP contribution in [0.1, 0.15) is 43.2 Å². The number of amides is 2. The topological polar surface area (TPSA) is 76.8 Å². The smallest absolute Gasteiger partial charge is 0.317 e. The zero-order valence-corrected chi connectivity index (χ0v) is 17.6. The number of para-hydroxylation sites is 2. The lowest BCUT2D eigenvalue weighted by molar-refractivity contribution is 0.174. The van der Waals surface area contributed by atoms with Crippen LogP contribution in [0.15, 0.2) is 46.9 Å². The average molecular weight is 409 g/mol. The molecule has 1 aliphatic rings. The number of ether oxygens (including phenoxy) is 2. The minimum atomic E-state index is -0.211. The van der Waals surface area contributed by atoms with Crippen LogP contribution in [0, 0.1) is 0 Å². The van der Waals surface area contributed by atoms with Crippen molar-refractivity contribution >= 4 is 17.1 Å². The van der Waals surface area contributed by atoms with Gasteiger partial charge in [0.1, 0.15) is 17.0 Å². The molecule has 0 radical (unpaired) electrons.